The summed E-state index contributed by atoms with van der Waals surface area (Å²) < 4.78 is 71.8. The van der Waals surface area contributed by atoms with E-state index in [1.807, 2.05) is 143 Å². The monoisotopic (exact) mass is 1290 g/mol. The second-order valence-electron chi connectivity index (χ2n) is 21.9. The van der Waals surface area contributed by atoms with Gasteiger partial charge in [-0.2, -0.15) is 0 Å². The molecule has 0 saturated carbocycles. The normalized spacial score (nSPS) is 10.7. The number of nitro groups is 2. The van der Waals surface area contributed by atoms with Gasteiger partial charge in [0.2, 0.25) is 0 Å². The lowest BCUT2D eigenvalue weighted by Crippen LogP contribution is -1.95. The average molecular weight is 1290 g/mol. The summed E-state index contributed by atoms with van der Waals surface area (Å²) in [5.41, 5.74) is 8.77. The zero-order valence-electron chi connectivity index (χ0n) is 58.9. The van der Waals surface area contributed by atoms with Crippen LogP contribution in [0.2, 0.25) is 0 Å². The summed E-state index contributed by atoms with van der Waals surface area (Å²) in [6.45, 7) is 1.68. The first-order chi connectivity index (χ1) is 52.3. The molecule has 0 radical (unpaired) electrons. The summed E-state index contributed by atoms with van der Waals surface area (Å²) in [6.07, 6.45) is 2.53. The molecule has 0 aliphatic carbocycles. The van der Waals surface area contributed by atoms with Crippen LogP contribution in [0.15, 0.2) is 243 Å². The zero-order valence-corrected chi connectivity index (χ0v) is 52.9. The number of rotatable bonds is 10. The highest BCUT2D eigenvalue weighted by atomic mass is 16.6. The number of non-ortho nitro benzene ring substituents is 2. The van der Waals surface area contributed by atoms with Gasteiger partial charge in [-0.1, -0.05) is 115 Å². The summed E-state index contributed by atoms with van der Waals surface area (Å²) in [5, 5.41) is 27.4. The molecule has 10 heteroatoms. The van der Waals surface area contributed by atoms with Gasteiger partial charge in [-0.05, 0) is 208 Å². The second-order valence-corrected chi connectivity index (χ2v) is 21.9. The Kier molecular flexibility index (Phi) is 15.8. The van der Waals surface area contributed by atoms with Crippen molar-refractivity contribution in [3.8, 4) is 210 Å². The second kappa shape index (κ2) is 28.8. The van der Waals surface area contributed by atoms with Crippen LogP contribution in [0.25, 0.3) is 127 Å². The van der Waals surface area contributed by atoms with Crippen LogP contribution >= 0.6 is 0 Å². The number of aromatic nitrogens is 3. The van der Waals surface area contributed by atoms with E-state index in [1.165, 1.54) is 28.8 Å². The quantitative estimate of drug-likeness (QED) is 0.0769. The number of nitro benzene ring substituents is 2. The smallest absolute Gasteiger partial charge is 0.271 e. The molecule has 3 heterocycles. The zero-order chi connectivity index (χ0) is 74.1. The van der Waals surface area contributed by atoms with Gasteiger partial charge in [0, 0.05) is 157 Å². The number of hydrogen-bond donors (Lipinski definition) is 0. The first kappa shape index (κ1) is 55.6. The Morgan fingerprint density at radius 2 is 0.644 bits per heavy atom. The van der Waals surface area contributed by atoms with Gasteiger partial charge in [0.15, 0.2) is 0 Å². The predicted molar refractivity (Wildman–Crippen MR) is 404 cm³/mol. The Morgan fingerprint density at radius 1 is 0.307 bits per heavy atom. The molecule has 10 nitrogen and oxygen atoms in total. The molecule has 0 bridgehead atoms. The fourth-order valence-electron chi connectivity index (χ4n) is 11.6. The van der Waals surface area contributed by atoms with Crippen LogP contribution in [0.5, 0.6) is 5.75 Å². The molecule has 0 aliphatic heterocycles. The molecule has 14 aromatic rings. The van der Waals surface area contributed by atoms with Crippen molar-refractivity contribution in [1.29, 1.82) is 0 Å². The number of benzene rings is 11. The Labute approximate surface area is 589 Å². The predicted octanol–water partition coefficient (Wildman–Crippen LogP) is 17.9. The van der Waals surface area contributed by atoms with Gasteiger partial charge in [-0.3, -0.25) is 20.2 Å². The molecule has 0 fully saturated rings. The van der Waals surface area contributed by atoms with Gasteiger partial charge in [0.05, 0.1) is 51.2 Å². The van der Waals surface area contributed by atoms with Crippen molar-refractivity contribution in [2.75, 3.05) is 0 Å². The molecule has 14 rings (SSSR count). The largest absolute Gasteiger partial charge is 0.407 e. The highest BCUT2D eigenvalue weighted by Crippen LogP contribution is 2.43. The molecule has 0 aliphatic rings. The molecular formula is C91H43N5O5. The standard InChI is InChI=1S/C91H43N5O5/c1-2-3-4-5-6-7-8-9-10-11-12-13-14-15-16-17-18-19-20-21-22-23-30-59-101-79-51-47-76(48-52-79)92-88-57-41-72(70-39-55-86-82(60-70)80-53-49-77(95(97)98)64-90(80)93(86)74-43-35-68(36-44-74)66-31-26-24-27-32-66)62-84(88)85-63-73(42-58-89(85)92)71-40-56-87-83(61-71)81-54-50-78(96(99)100)65-91(81)94(87)75-45-37-69(38-46-75)67-33-28-25-29-34-67/h24-29,31-58,60-65H,1H3/i41D,42D,57D,58D,62D,63D. The molecule has 0 unspecified atom stereocenters. The van der Waals surface area contributed by atoms with E-state index in [1.54, 1.807) is 55.5 Å². The molecule has 0 saturated heterocycles. The van der Waals surface area contributed by atoms with E-state index in [0.29, 0.717) is 60.4 Å². The van der Waals surface area contributed by atoms with E-state index in [9.17, 15) is 28.5 Å². The lowest BCUT2D eigenvalue weighted by molar-refractivity contribution is -0.384. The minimum absolute atomic E-state index is 0.0221. The average Bonchev–Trinajstić information content (AvgIpc) is 1.55. The van der Waals surface area contributed by atoms with E-state index < -0.39 is 9.85 Å². The summed E-state index contributed by atoms with van der Waals surface area (Å²) in [4.78, 5) is 23.8. The van der Waals surface area contributed by atoms with Crippen molar-refractivity contribution < 1.29 is 22.8 Å². The molecule has 0 amide bonds. The fourth-order valence-corrected chi connectivity index (χ4v) is 11.6. The van der Waals surface area contributed by atoms with Crippen LogP contribution in [0, 0.1) is 163 Å². The maximum Gasteiger partial charge on any atom is 0.271 e. The third-order valence-electron chi connectivity index (χ3n) is 16.0. The molecule has 0 spiro atoms. The van der Waals surface area contributed by atoms with Gasteiger partial charge in [-0.15, -0.1) is 0 Å². The summed E-state index contributed by atoms with van der Waals surface area (Å²) >= 11 is 0. The van der Waals surface area contributed by atoms with Crippen LogP contribution < -0.4 is 4.74 Å². The van der Waals surface area contributed by atoms with Crippen molar-refractivity contribution in [2.24, 2.45) is 0 Å². The van der Waals surface area contributed by atoms with Crippen molar-refractivity contribution in [1.82, 2.24) is 13.7 Å². The van der Waals surface area contributed by atoms with Gasteiger partial charge in [0.1, 0.15) is 11.9 Å². The molecule has 11 aromatic carbocycles. The molecular weight excluding hydrogens is 1240 g/mol. The highest BCUT2D eigenvalue weighted by molar-refractivity contribution is 6.15. The van der Waals surface area contributed by atoms with Crippen LogP contribution in [-0.2, 0) is 0 Å². The summed E-state index contributed by atoms with van der Waals surface area (Å²) in [5.74, 6) is 58.8. The van der Waals surface area contributed by atoms with Crippen molar-refractivity contribution in [2.45, 2.75) is 6.92 Å². The van der Waals surface area contributed by atoms with Crippen molar-refractivity contribution >= 4 is 76.8 Å². The van der Waals surface area contributed by atoms with Gasteiger partial charge in [0.25, 0.3) is 11.4 Å². The Hall–Kier alpha value is -15.9. The molecule has 101 heavy (non-hydrogen) atoms. The maximum absolute atomic E-state index is 12.4. The summed E-state index contributed by atoms with van der Waals surface area (Å²) in [6, 6.07) is 60.1. The van der Waals surface area contributed by atoms with Crippen molar-refractivity contribution in [3.63, 3.8) is 0 Å². The lowest BCUT2D eigenvalue weighted by atomic mass is 9.98. The number of nitrogens with zero attached hydrogens (tertiary/aromatic N) is 5. The third-order valence-corrected chi connectivity index (χ3v) is 16.0. The van der Waals surface area contributed by atoms with E-state index >= 15 is 0 Å². The topological polar surface area (TPSA) is 110 Å². The van der Waals surface area contributed by atoms with Crippen LogP contribution in [0.3, 0.4) is 0 Å². The van der Waals surface area contributed by atoms with E-state index in [-0.39, 0.29) is 86.3 Å². The fraction of sp³-hybridized carbons (Fsp3) is 0.0110. The Bertz CT molecular complexity index is 6760. The number of ether oxygens (including phenoxy) is 1. The SMILES string of the molecule is [2H]c1c(-c2ccc3c(c2)c2ccc([N+](=O)[O-])cc2n3-c2ccc(-c3ccccc3)cc2)c([2H])c2c3c([2H])c(-c4ccc5c(c4)c4ccc([N+](=O)[O-])cc4n5-c4ccc(-c5ccccc5)cc4)c([2H])c([2H])c3n(-c3ccc(OC#CC#CC#CC#CC#CC#CC#CC#CC#CC#CC#CC#CC)cc3)c2c1[2H]. The molecule has 3 aromatic heterocycles. The maximum atomic E-state index is 12.4. The Balaban J connectivity index is 0.854. The number of fused-ring (bicyclic) bond motifs is 9. The van der Waals surface area contributed by atoms with Crippen molar-refractivity contribution in [3.05, 3.63) is 263 Å². The van der Waals surface area contributed by atoms with E-state index in [0.717, 1.165) is 33.6 Å². The highest BCUT2D eigenvalue weighted by Gasteiger charge is 2.22. The van der Waals surface area contributed by atoms with E-state index in [4.69, 9.17) is 4.74 Å². The Morgan fingerprint density at radius 3 is 1.02 bits per heavy atom. The van der Waals surface area contributed by atoms with Gasteiger partial charge >= 0.3 is 0 Å². The van der Waals surface area contributed by atoms with Gasteiger partial charge < -0.3 is 18.4 Å². The summed E-state index contributed by atoms with van der Waals surface area (Å²) in [7, 11) is 0. The minimum Gasteiger partial charge on any atom is -0.407 e. The first-order valence-electron chi connectivity index (χ1n) is 33.8. The van der Waals surface area contributed by atoms with Gasteiger partial charge in [-0.25, -0.2) is 0 Å². The molecule has 0 atom stereocenters. The van der Waals surface area contributed by atoms with E-state index in [2.05, 4.69) is 142 Å². The van der Waals surface area contributed by atoms with Crippen LogP contribution in [0.1, 0.15) is 15.1 Å². The number of hydrogen-bond acceptors (Lipinski definition) is 5. The van der Waals surface area contributed by atoms with Crippen LogP contribution in [-0.4, -0.2) is 23.5 Å². The molecule has 462 valence electrons. The van der Waals surface area contributed by atoms with Crippen LogP contribution in [0.4, 0.5) is 11.4 Å². The minimum atomic E-state index is -0.451. The lowest BCUT2D eigenvalue weighted by Gasteiger charge is -2.10. The first-order valence-corrected chi connectivity index (χ1v) is 30.8. The molecule has 0 N–H and O–H groups in total. The third kappa shape index (κ3) is 13.4.